The van der Waals surface area contributed by atoms with Crippen molar-refractivity contribution in [3.8, 4) is 0 Å². The number of hydrogen-bond donors (Lipinski definition) is 10. The Morgan fingerprint density at radius 3 is 1.57 bits per heavy atom. The average Bonchev–Trinajstić information content (AvgIpc) is 2.89. The van der Waals surface area contributed by atoms with E-state index < -0.39 is 103 Å². The van der Waals surface area contributed by atoms with Crippen LogP contribution in [0.1, 0.15) is 48.0 Å². The molecule has 0 aromatic heterocycles. The molecule has 0 aliphatic rings. The fourth-order valence-electron chi connectivity index (χ4n) is 3.30. The summed E-state index contributed by atoms with van der Waals surface area (Å²) in [6.45, 7) is 7.46. The number of aliphatic hydroxyl groups is 3. The highest BCUT2D eigenvalue weighted by Crippen LogP contribution is 2.10. The summed E-state index contributed by atoms with van der Waals surface area (Å²) in [6, 6.07) is -8.12. The van der Waals surface area contributed by atoms with Crippen LogP contribution in [-0.2, 0) is 28.8 Å². The van der Waals surface area contributed by atoms with Crippen LogP contribution in [0.15, 0.2) is 0 Å². The maximum absolute atomic E-state index is 13.1. The maximum atomic E-state index is 13.1. The van der Waals surface area contributed by atoms with E-state index in [0.29, 0.717) is 6.42 Å². The van der Waals surface area contributed by atoms with Gasteiger partial charge in [-0.05, 0) is 25.7 Å². The quantitative estimate of drug-likeness (QED) is 0.0795. The molecule has 0 fully saturated rings. The largest absolute Gasteiger partial charge is 0.480 e. The molecule has 0 unspecified atom stereocenters. The average molecular weight is 577 g/mol. The van der Waals surface area contributed by atoms with Crippen LogP contribution < -0.4 is 32.3 Å². The van der Waals surface area contributed by atoms with E-state index in [1.807, 2.05) is 0 Å². The van der Waals surface area contributed by atoms with Gasteiger partial charge in [0.2, 0.25) is 29.5 Å². The van der Waals surface area contributed by atoms with E-state index >= 15 is 0 Å². The highest BCUT2D eigenvalue weighted by molar-refractivity contribution is 5.96. The van der Waals surface area contributed by atoms with E-state index in [-0.39, 0.29) is 0 Å². The highest BCUT2D eigenvalue weighted by Gasteiger charge is 2.36. The molecule has 0 saturated heterocycles. The Bertz CT molecular complexity index is 899. The molecule has 0 rings (SSSR count). The molecule has 0 aliphatic carbocycles. The lowest BCUT2D eigenvalue weighted by Gasteiger charge is -2.30. The maximum Gasteiger partial charge on any atom is 0.325 e. The molecular weight excluding hydrogens is 532 g/mol. The molecule has 0 aromatic carbocycles. The molecule has 0 spiro atoms. The lowest BCUT2D eigenvalue weighted by Crippen LogP contribution is -2.63. The number of carboxylic acid groups (broad SMARTS) is 1. The number of carbonyl (C=O) groups is 6. The predicted molar refractivity (Wildman–Crippen MR) is 141 cm³/mol. The summed E-state index contributed by atoms with van der Waals surface area (Å²) in [4.78, 5) is 74.5. The van der Waals surface area contributed by atoms with Gasteiger partial charge in [0.15, 0.2) is 0 Å². The van der Waals surface area contributed by atoms with Crippen LogP contribution in [0.4, 0.5) is 0 Å². The third kappa shape index (κ3) is 11.4. The molecule has 0 bridgehead atoms. The molecular formula is C24H44N6O10. The second kappa shape index (κ2) is 17.4. The number of hydrogen-bond acceptors (Lipinski definition) is 10. The van der Waals surface area contributed by atoms with Crippen molar-refractivity contribution in [3.05, 3.63) is 0 Å². The molecule has 0 radical (unpaired) electrons. The first-order valence-electron chi connectivity index (χ1n) is 12.9. The second-order valence-corrected chi connectivity index (χ2v) is 9.93. The zero-order valence-electron chi connectivity index (χ0n) is 23.6. The van der Waals surface area contributed by atoms with Crippen molar-refractivity contribution in [2.75, 3.05) is 13.2 Å². The van der Waals surface area contributed by atoms with Crippen LogP contribution in [0.2, 0.25) is 0 Å². The standard InChI is InChI=1S/C24H44N6O10/c1-7-11(4)17(29-19(34)14(25)8-31)22(37)30-18(13(6)33)23(38)28-16(10(2)3)21(36)27-15(9-32)20(35)26-12(5)24(39)40/h10-18,31-33H,7-9,25H2,1-6H3,(H,26,35)(H,27,36)(H,28,38)(H,29,34)(H,30,37)(H,39,40)/t11-,12-,13+,14-,15-,16-,17-,18-/m0/s1. The number of aliphatic carboxylic acids is 1. The van der Waals surface area contributed by atoms with E-state index in [4.69, 9.17) is 15.9 Å². The fraction of sp³-hybridized carbons (Fsp3) is 0.750. The van der Waals surface area contributed by atoms with Crippen molar-refractivity contribution in [3.63, 3.8) is 0 Å². The number of nitrogens with two attached hydrogens (primary N) is 1. The predicted octanol–water partition coefficient (Wildman–Crippen LogP) is -4.09. The van der Waals surface area contributed by atoms with Crippen molar-refractivity contribution >= 4 is 35.5 Å². The molecule has 0 aromatic rings. The topological polar surface area (TPSA) is 270 Å². The molecule has 5 amide bonds. The highest BCUT2D eigenvalue weighted by atomic mass is 16.4. The fourth-order valence-corrected chi connectivity index (χ4v) is 3.30. The van der Waals surface area contributed by atoms with Crippen LogP contribution >= 0.6 is 0 Å². The molecule has 0 heterocycles. The van der Waals surface area contributed by atoms with Crippen LogP contribution in [0.5, 0.6) is 0 Å². The lowest BCUT2D eigenvalue weighted by molar-refractivity contribution is -0.142. The molecule has 11 N–H and O–H groups in total. The van der Waals surface area contributed by atoms with Gasteiger partial charge >= 0.3 is 5.97 Å². The summed E-state index contributed by atoms with van der Waals surface area (Å²) >= 11 is 0. The number of aliphatic hydroxyl groups excluding tert-OH is 3. The van der Waals surface area contributed by atoms with Crippen LogP contribution in [-0.4, -0.2) is 112 Å². The lowest BCUT2D eigenvalue weighted by atomic mass is 9.97. The van der Waals surface area contributed by atoms with E-state index in [2.05, 4.69) is 26.6 Å². The van der Waals surface area contributed by atoms with Gasteiger partial charge in [-0.1, -0.05) is 34.1 Å². The Kier molecular flexibility index (Phi) is 15.9. The Balaban J connectivity index is 5.71. The van der Waals surface area contributed by atoms with E-state index in [1.54, 1.807) is 27.7 Å². The second-order valence-electron chi connectivity index (χ2n) is 9.93. The van der Waals surface area contributed by atoms with Gasteiger partial charge in [-0.15, -0.1) is 0 Å². The first kappa shape index (κ1) is 36.7. The van der Waals surface area contributed by atoms with Crippen molar-refractivity contribution in [2.24, 2.45) is 17.6 Å². The van der Waals surface area contributed by atoms with Crippen molar-refractivity contribution in [2.45, 2.75) is 90.3 Å². The molecule has 16 nitrogen and oxygen atoms in total. The first-order valence-corrected chi connectivity index (χ1v) is 12.9. The smallest absolute Gasteiger partial charge is 0.325 e. The number of nitrogens with one attached hydrogen (secondary N) is 5. The summed E-state index contributed by atoms with van der Waals surface area (Å²) < 4.78 is 0. The molecule has 230 valence electrons. The number of carbonyl (C=O) groups excluding carboxylic acids is 5. The van der Waals surface area contributed by atoms with Gasteiger partial charge in [0.1, 0.15) is 36.3 Å². The molecule has 8 atom stereocenters. The van der Waals surface area contributed by atoms with Gasteiger partial charge in [0.05, 0.1) is 19.3 Å². The Morgan fingerprint density at radius 1 is 0.675 bits per heavy atom. The Labute approximate surface area is 232 Å². The molecule has 0 aliphatic heterocycles. The third-order valence-corrected chi connectivity index (χ3v) is 6.18. The zero-order valence-corrected chi connectivity index (χ0v) is 23.6. The SMILES string of the molecule is CC[C@H](C)[C@H](NC(=O)[C@@H](N)CO)C(=O)N[C@H](C(=O)N[C@H](C(=O)N[C@@H](CO)C(=O)N[C@@H](C)C(=O)O)C(C)C)[C@@H](C)O. The summed E-state index contributed by atoms with van der Waals surface area (Å²) in [5.74, 6) is -6.74. The van der Waals surface area contributed by atoms with Crippen LogP contribution in [0.25, 0.3) is 0 Å². The zero-order chi connectivity index (χ0) is 31.3. The van der Waals surface area contributed by atoms with E-state index in [1.165, 1.54) is 13.8 Å². The summed E-state index contributed by atoms with van der Waals surface area (Å²) in [5.41, 5.74) is 5.51. The monoisotopic (exact) mass is 576 g/mol. The summed E-state index contributed by atoms with van der Waals surface area (Å²) in [5, 5.41) is 49.4. The Hall–Kier alpha value is -3.34. The number of carboxylic acids is 1. The van der Waals surface area contributed by atoms with Crippen molar-refractivity contribution in [1.29, 1.82) is 0 Å². The molecule has 40 heavy (non-hydrogen) atoms. The number of rotatable bonds is 17. The van der Waals surface area contributed by atoms with E-state index in [0.717, 1.165) is 0 Å². The van der Waals surface area contributed by atoms with Gasteiger partial charge in [0.25, 0.3) is 0 Å². The summed E-state index contributed by atoms with van der Waals surface area (Å²) in [6.07, 6.45) is -1.00. The van der Waals surface area contributed by atoms with Crippen LogP contribution in [0, 0.1) is 11.8 Å². The van der Waals surface area contributed by atoms with Gasteiger partial charge in [-0.2, -0.15) is 0 Å². The first-order chi connectivity index (χ1) is 18.5. The summed E-state index contributed by atoms with van der Waals surface area (Å²) in [7, 11) is 0. The van der Waals surface area contributed by atoms with Gasteiger partial charge < -0.3 is 52.7 Å². The Morgan fingerprint density at radius 2 is 1.15 bits per heavy atom. The molecule has 0 saturated carbocycles. The van der Waals surface area contributed by atoms with Crippen molar-refractivity contribution in [1.82, 2.24) is 26.6 Å². The van der Waals surface area contributed by atoms with Gasteiger partial charge in [0, 0.05) is 0 Å². The molecule has 16 heteroatoms. The van der Waals surface area contributed by atoms with E-state index in [9.17, 15) is 39.0 Å². The third-order valence-electron chi connectivity index (χ3n) is 6.18. The number of amides is 5. The van der Waals surface area contributed by atoms with Crippen LogP contribution in [0.3, 0.4) is 0 Å². The minimum absolute atomic E-state index is 0.424. The normalized spacial score (nSPS) is 17.2. The van der Waals surface area contributed by atoms with Crippen molar-refractivity contribution < 1.29 is 49.2 Å². The van der Waals surface area contributed by atoms with Gasteiger partial charge in [-0.3, -0.25) is 28.8 Å². The van der Waals surface area contributed by atoms with Gasteiger partial charge in [-0.25, -0.2) is 0 Å². The minimum Gasteiger partial charge on any atom is -0.480 e. The minimum atomic E-state index is -1.56.